The quantitative estimate of drug-likeness (QED) is 0.791. The lowest BCUT2D eigenvalue weighted by atomic mass is 10.2. The summed E-state index contributed by atoms with van der Waals surface area (Å²) in [6, 6.07) is 2.97. The molecule has 0 fully saturated rings. The summed E-state index contributed by atoms with van der Waals surface area (Å²) in [4.78, 5) is 27.1. The Kier molecular flexibility index (Phi) is 4.12. The van der Waals surface area contributed by atoms with Crippen molar-refractivity contribution < 1.29 is 4.79 Å². The maximum Gasteiger partial charge on any atom is 0.251 e. The average Bonchev–Trinajstić information content (AvgIpc) is 2.91. The fraction of sp³-hybridized carbons (Fsp3) is 0.308. The molecule has 2 aromatic heterocycles. The molecular weight excluding hydrogens is 244 g/mol. The van der Waals surface area contributed by atoms with Crippen LogP contribution in [0.2, 0.25) is 0 Å². The standard InChI is InChI=1S/C13H16N4O2/c1-16-7-3-11(9-12(16)18)13(19)15-4-2-6-17-8-5-14-10-17/h3,5,7-10H,2,4,6H2,1H3,(H,15,19). The van der Waals surface area contributed by atoms with Gasteiger partial charge in [-0.25, -0.2) is 4.98 Å². The highest BCUT2D eigenvalue weighted by molar-refractivity contribution is 5.93. The third-order valence-corrected chi connectivity index (χ3v) is 2.80. The predicted molar refractivity (Wildman–Crippen MR) is 70.9 cm³/mol. The fourth-order valence-electron chi connectivity index (χ4n) is 1.67. The highest BCUT2D eigenvalue weighted by atomic mass is 16.2. The van der Waals surface area contributed by atoms with Crippen LogP contribution in [0, 0.1) is 0 Å². The van der Waals surface area contributed by atoms with Gasteiger partial charge in [0.25, 0.3) is 11.5 Å². The minimum absolute atomic E-state index is 0.189. The first kappa shape index (κ1) is 13.1. The molecular formula is C13H16N4O2. The lowest BCUT2D eigenvalue weighted by molar-refractivity contribution is 0.0952. The Hall–Kier alpha value is -2.37. The van der Waals surface area contributed by atoms with Crippen LogP contribution in [0.1, 0.15) is 16.8 Å². The van der Waals surface area contributed by atoms with E-state index in [1.54, 1.807) is 31.8 Å². The van der Waals surface area contributed by atoms with Gasteiger partial charge in [0.05, 0.1) is 6.33 Å². The van der Waals surface area contributed by atoms with E-state index in [1.165, 1.54) is 10.6 Å². The number of aromatic nitrogens is 3. The molecule has 0 saturated carbocycles. The van der Waals surface area contributed by atoms with E-state index < -0.39 is 0 Å². The number of pyridine rings is 1. The summed E-state index contributed by atoms with van der Waals surface area (Å²) in [5.41, 5.74) is 0.205. The van der Waals surface area contributed by atoms with E-state index in [0.717, 1.165) is 13.0 Å². The van der Waals surface area contributed by atoms with Crippen molar-refractivity contribution in [3.05, 3.63) is 53.0 Å². The number of carbonyl (C=O) groups excluding carboxylic acids is 1. The van der Waals surface area contributed by atoms with Crippen LogP contribution in [0.4, 0.5) is 0 Å². The Morgan fingerprint density at radius 3 is 2.95 bits per heavy atom. The van der Waals surface area contributed by atoms with Crippen LogP contribution in [0.3, 0.4) is 0 Å². The SMILES string of the molecule is Cn1ccc(C(=O)NCCCn2ccnc2)cc1=O. The van der Waals surface area contributed by atoms with Crippen LogP contribution in [0.15, 0.2) is 41.8 Å². The topological polar surface area (TPSA) is 68.9 Å². The molecule has 1 N–H and O–H groups in total. The lowest BCUT2D eigenvalue weighted by Crippen LogP contribution is -2.27. The largest absolute Gasteiger partial charge is 0.352 e. The first-order valence-corrected chi connectivity index (χ1v) is 6.07. The normalized spacial score (nSPS) is 10.4. The minimum Gasteiger partial charge on any atom is -0.352 e. The summed E-state index contributed by atoms with van der Waals surface area (Å²) in [7, 11) is 1.65. The molecule has 2 heterocycles. The molecule has 0 unspecified atom stereocenters. The van der Waals surface area contributed by atoms with Crippen molar-refractivity contribution in [3.63, 3.8) is 0 Å². The van der Waals surface area contributed by atoms with Gasteiger partial charge in [0.1, 0.15) is 0 Å². The first-order valence-electron chi connectivity index (χ1n) is 6.07. The van der Waals surface area contributed by atoms with Gasteiger partial charge >= 0.3 is 0 Å². The van der Waals surface area contributed by atoms with E-state index in [1.807, 2.05) is 10.8 Å². The maximum atomic E-state index is 11.8. The van der Waals surface area contributed by atoms with E-state index in [-0.39, 0.29) is 11.5 Å². The first-order chi connectivity index (χ1) is 9.16. The molecule has 0 spiro atoms. The average molecular weight is 260 g/mol. The van der Waals surface area contributed by atoms with Crippen LogP contribution < -0.4 is 10.9 Å². The number of hydrogen-bond donors (Lipinski definition) is 1. The summed E-state index contributed by atoms with van der Waals surface area (Å²) < 4.78 is 3.38. The highest BCUT2D eigenvalue weighted by Gasteiger charge is 2.05. The Morgan fingerprint density at radius 2 is 2.26 bits per heavy atom. The molecule has 0 aliphatic heterocycles. The zero-order chi connectivity index (χ0) is 13.7. The van der Waals surface area contributed by atoms with Crippen molar-refractivity contribution in [3.8, 4) is 0 Å². The van der Waals surface area contributed by atoms with Gasteiger partial charge < -0.3 is 14.5 Å². The maximum absolute atomic E-state index is 11.8. The number of carbonyl (C=O) groups is 1. The van der Waals surface area contributed by atoms with Crippen LogP contribution in [0.5, 0.6) is 0 Å². The van der Waals surface area contributed by atoms with Crippen LogP contribution in [-0.2, 0) is 13.6 Å². The van der Waals surface area contributed by atoms with E-state index >= 15 is 0 Å². The minimum atomic E-state index is -0.219. The number of amides is 1. The number of imidazole rings is 1. The van der Waals surface area contributed by atoms with Gasteiger partial charge in [-0.05, 0) is 12.5 Å². The van der Waals surface area contributed by atoms with Gasteiger partial charge in [0, 0.05) is 50.4 Å². The van der Waals surface area contributed by atoms with E-state index in [9.17, 15) is 9.59 Å². The van der Waals surface area contributed by atoms with Gasteiger partial charge in [-0.1, -0.05) is 0 Å². The molecule has 0 aliphatic rings. The number of rotatable bonds is 5. The molecule has 6 heteroatoms. The summed E-state index contributed by atoms with van der Waals surface area (Å²) in [6.07, 6.45) is 7.74. The lowest BCUT2D eigenvalue weighted by Gasteiger charge is -2.06. The molecule has 0 bridgehead atoms. The smallest absolute Gasteiger partial charge is 0.251 e. The molecule has 2 rings (SSSR count). The van der Waals surface area contributed by atoms with Crippen molar-refractivity contribution in [2.45, 2.75) is 13.0 Å². The van der Waals surface area contributed by atoms with Crippen molar-refractivity contribution >= 4 is 5.91 Å². The van der Waals surface area contributed by atoms with Gasteiger partial charge in [-0.3, -0.25) is 9.59 Å². The van der Waals surface area contributed by atoms with Gasteiger partial charge in [0.15, 0.2) is 0 Å². The number of aryl methyl sites for hydroxylation is 2. The van der Waals surface area contributed by atoms with Crippen molar-refractivity contribution in [1.29, 1.82) is 0 Å². The Bertz CT molecular complexity index is 601. The molecule has 1 amide bonds. The molecule has 0 aromatic carbocycles. The third-order valence-electron chi connectivity index (χ3n) is 2.80. The second-order valence-electron chi connectivity index (χ2n) is 4.27. The predicted octanol–water partition coefficient (Wildman–Crippen LogP) is 0.402. The molecule has 0 aliphatic carbocycles. The van der Waals surface area contributed by atoms with Crippen molar-refractivity contribution in [2.24, 2.45) is 7.05 Å². The molecule has 0 atom stereocenters. The van der Waals surface area contributed by atoms with Crippen molar-refractivity contribution in [2.75, 3.05) is 6.54 Å². The van der Waals surface area contributed by atoms with E-state index in [4.69, 9.17) is 0 Å². The Balaban J connectivity index is 1.81. The third kappa shape index (κ3) is 3.54. The van der Waals surface area contributed by atoms with Crippen LogP contribution >= 0.6 is 0 Å². The zero-order valence-electron chi connectivity index (χ0n) is 10.7. The molecule has 0 saturated heterocycles. The van der Waals surface area contributed by atoms with E-state index in [0.29, 0.717) is 12.1 Å². The number of hydrogen-bond acceptors (Lipinski definition) is 3. The van der Waals surface area contributed by atoms with Crippen molar-refractivity contribution in [1.82, 2.24) is 19.4 Å². The Labute approximate surface area is 110 Å². The van der Waals surface area contributed by atoms with Gasteiger partial charge in [0.2, 0.25) is 0 Å². The summed E-state index contributed by atoms with van der Waals surface area (Å²) in [5, 5.41) is 2.79. The van der Waals surface area contributed by atoms with Crippen LogP contribution in [-0.4, -0.2) is 26.6 Å². The molecule has 19 heavy (non-hydrogen) atoms. The number of nitrogens with one attached hydrogen (secondary N) is 1. The fourth-order valence-corrected chi connectivity index (χ4v) is 1.67. The molecule has 0 radical (unpaired) electrons. The zero-order valence-corrected chi connectivity index (χ0v) is 10.7. The molecule has 2 aromatic rings. The van der Waals surface area contributed by atoms with Gasteiger partial charge in [-0.2, -0.15) is 0 Å². The van der Waals surface area contributed by atoms with E-state index in [2.05, 4.69) is 10.3 Å². The Morgan fingerprint density at radius 1 is 1.42 bits per heavy atom. The molecule has 6 nitrogen and oxygen atoms in total. The molecule has 100 valence electrons. The highest BCUT2D eigenvalue weighted by Crippen LogP contribution is 1.95. The second-order valence-corrected chi connectivity index (χ2v) is 4.27. The monoisotopic (exact) mass is 260 g/mol. The van der Waals surface area contributed by atoms with Crippen LogP contribution in [0.25, 0.3) is 0 Å². The summed E-state index contributed by atoms with van der Waals surface area (Å²) in [6.45, 7) is 1.36. The summed E-state index contributed by atoms with van der Waals surface area (Å²) >= 11 is 0. The second kappa shape index (κ2) is 5.99. The van der Waals surface area contributed by atoms with Gasteiger partial charge in [-0.15, -0.1) is 0 Å². The number of nitrogens with zero attached hydrogens (tertiary/aromatic N) is 3. The summed E-state index contributed by atoms with van der Waals surface area (Å²) in [5.74, 6) is -0.219.